The zero-order valence-corrected chi connectivity index (χ0v) is 16.4. The third kappa shape index (κ3) is 4.85. The van der Waals surface area contributed by atoms with Crippen molar-refractivity contribution in [1.29, 1.82) is 0 Å². The lowest BCUT2D eigenvalue weighted by molar-refractivity contribution is -0.111. The Bertz CT molecular complexity index is 962. The molecule has 1 saturated heterocycles. The molecule has 4 rings (SSSR count). The Hall–Kier alpha value is -3.53. The number of piperazine rings is 1. The summed E-state index contributed by atoms with van der Waals surface area (Å²) in [5.74, 6) is -0.121. The summed E-state index contributed by atoms with van der Waals surface area (Å²) >= 11 is 0. The smallest absolute Gasteiger partial charge is 0.248 e. The molecule has 1 aliphatic heterocycles. The normalized spacial score (nSPS) is 14.2. The second-order valence-electron chi connectivity index (χ2n) is 7.06. The Morgan fingerprint density at radius 3 is 2.03 bits per heavy atom. The molecule has 0 unspecified atom stereocenters. The van der Waals surface area contributed by atoms with E-state index in [1.165, 1.54) is 5.69 Å². The van der Waals surface area contributed by atoms with Crippen LogP contribution in [0.4, 0.5) is 17.1 Å². The van der Waals surface area contributed by atoms with Crippen LogP contribution in [0.25, 0.3) is 6.08 Å². The van der Waals surface area contributed by atoms with Crippen LogP contribution in [0.1, 0.15) is 5.56 Å². The highest BCUT2D eigenvalue weighted by Crippen LogP contribution is 2.27. The molecule has 3 aromatic rings. The van der Waals surface area contributed by atoms with Gasteiger partial charge in [0, 0.05) is 37.9 Å². The van der Waals surface area contributed by atoms with Crippen LogP contribution in [-0.4, -0.2) is 32.1 Å². The molecule has 1 amide bonds. The van der Waals surface area contributed by atoms with Crippen molar-refractivity contribution in [1.82, 2.24) is 0 Å². The van der Waals surface area contributed by atoms with Crippen molar-refractivity contribution in [2.24, 2.45) is 0 Å². The fourth-order valence-corrected chi connectivity index (χ4v) is 3.61. The summed E-state index contributed by atoms with van der Waals surface area (Å²) in [6, 6.07) is 28.4. The average Bonchev–Trinajstić information content (AvgIpc) is 2.79. The van der Waals surface area contributed by atoms with E-state index in [2.05, 4.69) is 45.4 Å². The Kier molecular flexibility index (Phi) is 5.91. The van der Waals surface area contributed by atoms with Gasteiger partial charge in [0.15, 0.2) is 0 Å². The molecule has 1 N–H and O–H groups in total. The minimum atomic E-state index is -0.121. The molecule has 29 heavy (non-hydrogen) atoms. The third-order valence-corrected chi connectivity index (χ3v) is 5.13. The van der Waals surface area contributed by atoms with E-state index >= 15 is 0 Å². The van der Waals surface area contributed by atoms with Gasteiger partial charge in [-0.25, -0.2) is 0 Å². The van der Waals surface area contributed by atoms with Gasteiger partial charge in [-0.05, 0) is 35.9 Å². The van der Waals surface area contributed by atoms with Gasteiger partial charge in [0.1, 0.15) is 0 Å². The molecule has 0 spiro atoms. The van der Waals surface area contributed by atoms with E-state index in [0.717, 1.165) is 43.1 Å². The van der Waals surface area contributed by atoms with Gasteiger partial charge in [0.2, 0.25) is 5.91 Å². The SMILES string of the molecule is O=C(C=Cc1ccccc1)Nc1ccccc1N1CCN(c2ccccc2)CC1. The third-order valence-electron chi connectivity index (χ3n) is 5.13. The molecule has 3 aromatic carbocycles. The lowest BCUT2D eigenvalue weighted by Crippen LogP contribution is -2.46. The predicted molar refractivity (Wildman–Crippen MR) is 121 cm³/mol. The first-order valence-electron chi connectivity index (χ1n) is 9.98. The molecule has 0 radical (unpaired) electrons. The Morgan fingerprint density at radius 2 is 1.31 bits per heavy atom. The highest BCUT2D eigenvalue weighted by atomic mass is 16.1. The van der Waals surface area contributed by atoms with Crippen molar-refractivity contribution >= 4 is 29.0 Å². The van der Waals surface area contributed by atoms with Crippen molar-refractivity contribution in [2.75, 3.05) is 41.3 Å². The van der Waals surface area contributed by atoms with Gasteiger partial charge < -0.3 is 15.1 Å². The second-order valence-corrected chi connectivity index (χ2v) is 7.06. The van der Waals surface area contributed by atoms with Crippen molar-refractivity contribution in [2.45, 2.75) is 0 Å². The highest BCUT2D eigenvalue weighted by Gasteiger charge is 2.19. The molecular formula is C25H25N3O. The lowest BCUT2D eigenvalue weighted by Gasteiger charge is -2.38. The largest absolute Gasteiger partial charge is 0.368 e. The Morgan fingerprint density at radius 1 is 0.724 bits per heavy atom. The van der Waals surface area contributed by atoms with Crippen LogP contribution in [0.2, 0.25) is 0 Å². The van der Waals surface area contributed by atoms with E-state index in [1.54, 1.807) is 6.08 Å². The topological polar surface area (TPSA) is 35.6 Å². The first kappa shape index (κ1) is 18.8. The van der Waals surface area contributed by atoms with E-state index in [-0.39, 0.29) is 5.91 Å². The molecule has 0 saturated carbocycles. The number of hydrogen-bond acceptors (Lipinski definition) is 3. The summed E-state index contributed by atoms with van der Waals surface area (Å²) in [6.07, 6.45) is 3.41. The van der Waals surface area contributed by atoms with Crippen molar-refractivity contribution in [3.8, 4) is 0 Å². The standard InChI is InChI=1S/C25H25N3O/c29-25(16-15-21-9-3-1-4-10-21)26-23-13-7-8-14-24(23)28-19-17-27(18-20-28)22-11-5-2-6-12-22/h1-16H,17-20H2,(H,26,29). The molecule has 1 heterocycles. The maximum Gasteiger partial charge on any atom is 0.248 e. The van der Waals surface area contributed by atoms with Crippen LogP contribution in [0, 0.1) is 0 Å². The van der Waals surface area contributed by atoms with E-state index in [1.807, 2.05) is 60.7 Å². The maximum atomic E-state index is 12.4. The molecule has 146 valence electrons. The summed E-state index contributed by atoms with van der Waals surface area (Å²) in [5.41, 5.74) is 4.19. The number of anilines is 3. The molecule has 0 aliphatic carbocycles. The molecule has 0 atom stereocenters. The number of carbonyl (C=O) groups excluding carboxylic acids is 1. The number of hydrogen-bond donors (Lipinski definition) is 1. The number of rotatable bonds is 5. The summed E-state index contributed by atoms with van der Waals surface area (Å²) in [5, 5.41) is 3.04. The van der Waals surface area contributed by atoms with Crippen molar-refractivity contribution < 1.29 is 4.79 Å². The van der Waals surface area contributed by atoms with E-state index < -0.39 is 0 Å². The quantitative estimate of drug-likeness (QED) is 0.651. The van der Waals surface area contributed by atoms with Crippen LogP contribution in [0.5, 0.6) is 0 Å². The van der Waals surface area contributed by atoms with Crippen LogP contribution >= 0.6 is 0 Å². The van der Waals surface area contributed by atoms with Gasteiger partial charge in [-0.3, -0.25) is 4.79 Å². The number of nitrogens with one attached hydrogen (secondary N) is 1. The average molecular weight is 383 g/mol. The highest BCUT2D eigenvalue weighted by molar-refractivity contribution is 6.03. The number of nitrogens with zero attached hydrogens (tertiary/aromatic N) is 2. The zero-order valence-electron chi connectivity index (χ0n) is 16.4. The molecule has 0 aromatic heterocycles. The monoisotopic (exact) mass is 383 g/mol. The molecular weight excluding hydrogens is 358 g/mol. The first-order chi connectivity index (χ1) is 14.3. The number of para-hydroxylation sites is 3. The molecule has 1 fully saturated rings. The minimum absolute atomic E-state index is 0.121. The number of carbonyl (C=O) groups is 1. The number of benzene rings is 3. The maximum absolute atomic E-state index is 12.4. The Balaban J connectivity index is 1.41. The summed E-state index contributed by atoms with van der Waals surface area (Å²) in [4.78, 5) is 17.2. The van der Waals surface area contributed by atoms with E-state index in [0.29, 0.717) is 0 Å². The van der Waals surface area contributed by atoms with Crippen molar-refractivity contribution in [3.05, 3.63) is 96.6 Å². The van der Waals surface area contributed by atoms with Crippen LogP contribution < -0.4 is 15.1 Å². The first-order valence-corrected chi connectivity index (χ1v) is 9.98. The van der Waals surface area contributed by atoms with Crippen LogP contribution in [0.15, 0.2) is 91.0 Å². The van der Waals surface area contributed by atoms with E-state index in [9.17, 15) is 4.79 Å². The fraction of sp³-hybridized carbons (Fsp3) is 0.160. The number of amides is 1. The predicted octanol–water partition coefficient (Wildman–Crippen LogP) is 4.67. The fourth-order valence-electron chi connectivity index (χ4n) is 3.61. The van der Waals surface area contributed by atoms with Gasteiger partial charge >= 0.3 is 0 Å². The van der Waals surface area contributed by atoms with Gasteiger partial charge in [-0.1, -0.05) is 60.7 Å². The lowest BCUT2D eigenvalue weighted by atomic mass is 10.2. The summed E-state index contributed by atoms with van der Waals surface area (Å²) in [7, 11) is 0. The molecule has 0 bridgehead atoms. The molecule has 4 nitrogen and oxygen atoms in total. The summed E-state index contributed by atoms with van der Waals surface area (Å²) in [6.45, 7) is 3.75. The van der Waals surface area contributed by atoms with Crippen molar-refractivity contribution in [3.63, 3.8) is 0 Å². The van der Waals surface area contributed by atoms with E-state index in [4.69, 9.17) is 0 Å². The second kappa shape index (κ2) is 9.11. The zero-order chi connectivity index (χ0) is 19.9. The molecule has 1 aliphatic rings. The summed E-state index contributed by atoms with van der Waals surface area (Å²) < 4.78 is 0. The Labute approximate surface area is 172 Å². The van der Waals surface area contributed by atoms with Gasteiger partial charge in [-0.15, -0.1) is 0 Å². The van der Waals surface area contributed by atoms with Crippen LogP contribution in [0.3, 0.4) is 0 Å². The van der Waals surface area contributed by atoms with Gasteiger partial charge in [-0.2, -0.15) is 0 Å². The molecule has 4 heteroatoms. The minimum Gasteiger partial charge on any atom is -0.368 e. The van der Waals surface area contributed by atoms with Gasteiger partial charge in [0.25, 0.3) is 0 Å². The van der Waals surface area contributed by atoms with Gasteiger partial charge in [0.05, 0.1) is 11.4 Å². The van der Waals surface area contributed by atoms with Crippen LogP contribution in [-0.2, 0) is 4.79 Å².